The molecule has 1 aliphatic heterocycles. The van der Waals surface area contributed by atoms with E-state index in [1.807, 2.05) is 0 Å². The number of hydrogen-bond donors (Lipinski definition) is 1. The Morgan fingerprint density at radius 3 is 2.48 bits per heavy atom. The van der Waals surface area contributed by atoms with Crippen molar-refractivity contribution in [1.82, 2.24) is 5.01 Å². The molecule has 3 rings (SSSR count). The van der Waals surface area contributed by atoms with Crippen LogP contribution in [-0.2, 0) is 14.8 Å². The third kappa shape index (κ3) is 4.33. The predicted molar refractivity (Wildman–Crippen MR) is 102 cm³/mol. The molecular weight excluding hydrogens is 369 g/mol. The number of rotatable bonds is 5. The summed E-state index contributed by atoms with van der Waals surface area (Å²) in [4.78, 5) is 12.3. The first kappa shape index (κ1) is 19.0. The van der Waals surface area contributed by atoms with Gasteiger partial charge in [0, 0.05) is 24.1 Å². The van der Waals surface area contributed by atoms with Crippen molar-refractivity contribution < 1.29 is 17.6 Å². The maximum Gasteiger partial charge on any atom is 0.242 e. The second kappa shape index (κ2) is 7.48. The van der Waals surface area contributed by atoms with Crippen LogP contribution in [0, 0.1) is 5.82 Å². The number of sulfonamides is 1. The lowest BCUT2D eigenvalue weighted by Crippen LogP contribution is -2.26. The molecule has 0 saturated heterocycles. The van der Waals surface area contributed by atoms with Crippen molar-refractivity contribution >= 4 is 27.3 Å². The van der Waals surface area contributed by atoms with Crippen LogP contribution >= 0.6 is 0 Å². The van der Waals surface area contributed by atoms with Gasteiger partial charge in [0.25, 0.3) is 0 Å². The molecule has 8 heteroatoms. The van der Waals surface area contributed by atoms with Gasteiger partial charge in [-0.15, -0.1) is 0 Å². The van der Waals surface area contributed by atoms with E-state index < -0.39 is 16.1 Å². The van der Waals surface area contributed by atoms with E-state index in [0.717, 1.165) is 11.8 Å². The van der Waals surface area contributed by atoms with Crippen LogP contribution in [-0.4, -0.2) is 31.3 Å². The molecule has 0 bridgehead atoms. The van der Waals surface area contributed by atoms with Crippen molar-refractivity contribution in [3.8, 4) is 0 Å². The zero-order valence-electron chi connectivity index (χ0n) is 15.0. The van der Waals surface area contributed by atoms with Crippen molar-refractivity contribution in [3.63, 3.8) is 0 Å². The highest BCUT2D eigenvalue weighted by atomic mass is 32.2. The first-order valence-electron chi connectivity index (χ1n) is 8.50. The van der Waals surface area contributed by atoms with Gasteiger partial charge < -0.3 is 0 Å². The third-order valence-electron chi connectivity index (χ3n) is 4.25. The molecule has 6 nitrogen and oxygen atoms in total. The molecule has 1 heterocycles. The number of carbonyl (C=O) groups is 1. The molecule has 1 unspecified atom stereocenters. The molecule has 2 aromatic carbocycles. The lowest BCUT2D eigenvalue weighted by molar-refractivity contribution is -0.132. The van der Waals surface area contributed by atoms with Crippen LogP contribution in [0.4, 0.5) is 10.1 Å². The topological polar surface area (TPSA) is 78.8 Å². The Kier molecular flexibility index (Phi) is 5.27. The van der Waals surface area contributed by atoms with Crippen LogP contribution in [0.5, 0.6) is 0 Å². The minimum absolute atomic E-state index is 0.186. The standard InChI is InChI=1S/C19H20FN3O3S/c1-3-19(24)23-18(15-6-4-5-7-16(15)20)12-17(21-23)13-8-10-14(11-9-13)22-27(2,25)26/h4-11,18,22H,3,12H2,1-2H3. The number of hydrazone groups is 1. The van der Waals surface area contributed by atoms with E-state index in [1.54, 1.807) is 49.4 Å². The van der Waals surface area contributed by atoms with Gasteiger partial charge >= 0.3 is 0 Å². The molecule has 1 amide bonds. The predicted octanol–water partition coefficient (Wildman–Crippen LogP) is 3.28. The SMILES string of the molecule is CCC(=O)N1N=C(c2ccc(NS(C)(=O)=O)cc2)CC1c1ccccc1F. The van der Waals surface area contributed by atoms with Crippen LogP contribution in [0.15, 0.2) is 53.6 Å². The molecule has 0 fully saturated rings. The van der Waals surface area contributed by atoms with E-state index in [2.05, 4.69) is 9.82 Å². The molecule has 0 aromatic heterocycles. The highest BCUT2D eigenvalue weighted by Crippen LogP contribution is 2.34. The number of benzene rings is 2. The van der Waals surface area contributed by atoms with Gasteiger partial charge in [-0.25, -0.2) is 17.8 Å². The molecule has 142 valence electrons. The van der Waals surface area contributed by atoms with Crippen molar-refractivity contribution in [1.29, 1.82) is 0 Å². The molecule has 27 heavy (non-hydrogen) atoms. The van der Waals surface area contributed by atoms with Gasteiger partial charge in [0.1, 0.15) is 5.82 Å². The first-order valence-corrected chi connectivity index (χ1v) is 10.4. The van der Waals surface area contributed by atoms with Gasteiger partial charge in [0.05, 0.1) is 18.0 Å². The van der Waals surface area contributed by atoms with Crippen molar-refractivity contribution in [3.05, 3.63) is 65.5 Å². The van der Waals surface area contributed by atoms with Crippen molar-refractivity contribution in [2.75, 3.05) is 11.0 Å². The summed E-state index contributed by atoms with van der Waals surface area (Å²) < 4.78 is 39.3. The summed E-state index contributed by atoms with van der Waals surface area (Å²) in [7, 11) is -3.36. The highest BCUT2D eigenvalue weighted by molar-refractivity contribution is 7.92. The number of hydrogen-bond acceptors (Lipinski definition) is 4. The lowest BCUT2D eigenvalue weighted by atomic mass is 9.98. The Hall–Kier alpha value is -2.74. The second-order valence-electron chi connectivity index (χ2n) is 6.33. The van der Waals surface area contributed by atoms with Crippen LogP contribution in [0.1, 0.15) is 36.9 Å². The van der Waals surface area contributed by atoms with Crippen LogP contribution in [0.25, 0.3) is 0 Å². The Morgan fingerprint density at radius 2 is 1.89 bits per heavy atom. The highest BCUT2D eigenvalue weighted by Gasteiger charge is 2.33. The number of anilines is 1. The Labute approximate surface area is 157 Å². The number of halogens is 1. The average molecular weight is 389 g/mol. The molecule has 0 radical (unpaired) electrons. The zero-order chi connectivity index (χ0) is 19.6. The Balaban J connectivity index is 1.90. The van der Waals surface area contributed by atoms with Gasteiger partial charge in [-0.05, 0) is 23.8 Å². The van der Waals surface area contributed by atoms with Gasteiger partial charge in [-0.3, -0.25) is 9.52 Å². The van der Waals surface area contributed by atoms with Gasteiger partial charge in [0.15, 0.2) is 0 Å². The summed E-state index contributed by atoms with van der Waals surface area (Å²) in [6.07, 6.45) is 1.72. The fourth-order valence-electron chi connectivity index (χ4n) is 3.01. The van der Waals surface area contributed by atoms with E-state index in [9.17, 15) is 17.6 Å². The van der Waals surface area contributed by atoms with Gasteiger partial charge in [-0.1, -0.05) is 37.3 Å². The van der Waals surface area contributed by atoms with Crippen molar-refractivity contribution in [2.24, 2.45) is 5.10 Å². The third-order valence-corrected chi connectivity index (χ3v) is 4.86. The number of nitrogens with one attached hydrogen (secondary N) is 1. The van der Waals surface area contributed by atoms with Crippen LogP contribution < -0.4 is 4.72 Å². The van der Waals surface area contributed by atoms with E-state index in [0.29, 0.717) is 23.4 Å². The summed E-state index contributed by atoms with van der Waals surface area (Å²) in [6, 6.07) is 12.6. The normalized spacial score (nSPS) is 16.9. The molecule has 2 aromatic rings. The quantitative estimate of drug-likeness (QED) is 0.852. The molecule has 1 N–H and O–H groups in total. The summed E-state index contributed by atoms with van der Waals surface area (Å²) in [5.41, 5.74) is 2.26. The van der Waals surface area contributed by atoms with Gasteiger partial charge in [0.2, 0.25) is 15.9 Å². The van der Waals surface area contributed by atoms with Gasteiger partial charge in [-0.2, -0.15) is 5.10 Å². The summed E-state index contributed by atoms with van der Waals surface area (Å²) >= 11 is 0. The minimum Gasteiger partial charge on any atom is -0.284 e. The minimum atomic E-state index is -3.36. The fourth-order valence-corrected chi connectivity index (χ4v) is 3.57. The number of nitrogens with zero attached hydrogens (tertiary/aromatic N) is 2. The van der Waals surface area contributed by atoms with E-state index >= 15 is 0 Å². The second-order valence-corrected chi connectivity index (χ2v) is 8.08. The van der Waals surface area contributed by atoms with E-state index in [-0.39, 0.29) is 18.1 Å². The van der Waals surface area contributed by atoms with E-state index in [1.165, 1.54) is 11.1 Å². The molecule has 1 aliphatic rings. The first-order chi connectivity index (χ1) is 12.8. The summed E-state index contributed by atoms with van der Waals surface area (Å²) in [5.74, 6) is -0.561. The van der Waals surface area contributed by atoms with E-state index in [4.69, 9.17) is 0 Å². The Bertz CT molecular complexity index is 988. The number of amides is 1. The largest absolute Gasteiger partial charge is 0.284 e. The van der Waals surface area contributed by atoms with Crippen molar-refractivity contribution in [2.45, 2.75) is 25.8 Å². The molecule has 1 atom stereocenters. The smallest absolute Gasteiger partial charge is 0.242 e. The monoisotopic (exact) mass is 389 g/mol. The number of carbonyl (C=O) groups excluding carboxylic acids is 1. The zero-order valence-corrected chi connectivity index (χ0v) is 15.8. The molecule has 0 spiro atoms. The van der Waals surface area contributed by atoms with Crippen LogP contribution in [0.3, 0.4) is 0 Å². The average Bonchev–Trinajstić information content (AvgIpc) is 3.06. The Morgan fingerprint density at radius 1 is 1.22 bits per heavy atom. The molecule has 0 aliphatic carbocycles. The molecule has 0 saturated carbocycles. The summed E-state index contributed by atoms with van der Waals surface area (Å²) in [5, 5.41) is 5.77. The van der Waals surface area contributed by atoms with Crippen LogP contribution in [0.2, 0.25) is 0 Å². The maximum atomic E-state index is 14.3. The maximum absolute atomic E-state index is 14.3. The fraction of sp³-hybridized carbons (Fsp3) is 0.263. The lowest BCUT2D eigenvalue weighted by Gasteiger charge is -2.21. The summed E-state index contributed by atoms with van der Waals surface area (Å²) in [6.45, 7) is 1.74. The molecular formula is C19H20FN3O3S.